The zero-order valence-electron chi connectivity index (χ0n) is 16.7. The minimum absolute atomic E-state index is 0.242. The quantitative estimate of drug-likeness (QED) is 0.685. The molecule has 0 aliphatic heterocycles. The zero-order chi connectivity index (χ0) is 19.2. The molecule has 148 valence electrons. The standard InChI is InChI=1S/C23H34N2O2/c1-3-18(15-17-7-5-4-6-8-17)21-16-22(21)24-19-9-11-20(12-10-19)25(2)14-13-23(26)27/h4-8,15,19-22,24H,3,9-14,16H2,1-2H3,(H,26,27)/b18-15+/t19-,20-,21-,22+/m0/s1. The molecule has 2 aliphatic carbocycles. The van der Waals surface area contributed by atoms with E-state index in [0.29, 0.717) is 30.6 Å². The molecule has 2 N–H and O–H groups in total. The Hall–Kier alpha value is -1.65. The van der Waals surface area contributed by atoms with Gasteiger partial charge in [-0.05, 0) is 57.1 Å². The zero-order valence-corrected chi connectivity index (χ0v) is 16.7. The number of hydrogen-bond donors (Lipinski definition) is 2. The molecule has 0 saturated heterocycles. The predicted octanol–water partition coefficient (Wildman–Crippen LogP) is 4.18. The summed E-state index contributed by atoms with van der Waals surface area (Å²) in [5.74, 6) is -0.00145. The number of aliphatic carboxylic acids is 1. The van der Waals surface area contributed by atoms with Crippen molar-refractivity contribution >= 4 is 12.0 Å². The molecule has 0 heterocycles. The maximum absolute atomic E-state index is 10.8. The van der Waals surface area contributed by atoms with Crippen molar-refractivity contribution in [2.24, 2.45) is 5.92 Å². The largest absolute Gasteiger partial charge is 0.481 e. The second-order valence-corrected chi connectivity index (χ2v) is 8.23. The molecular weight excluding hydrogens is 336 g/mol. The minimum atomic E-state index is -0.702. The highest BCUT2D eigenvalue weighted by molar-refractivity contribution is 5.66. The van der Waals surface area contributed by atoms with Crippen LogP contribution in [0.3, 0.4) is 0 Å². The van der Waals surface area contributed by atoms with Crippen molar-refractivity contribution in [3.8, 4) is 0 Å². The number of benzene rings is 1. The summed E-state index contributed by atoms with van der Waals surface area (Å²) in [7, 11) is 2.07. The monoisotopic (exact) mass is 370 g/mol. The van der Waals surface area contributed by atoms with Crippen LogP contribution in [0.15, 0.2) is 35.9 Å². The number of hydrogen-bond acceptors (Lipinski definition) is 3. The summed E-state index contributed by atoms with van der Waals surface area (Å²) in [5, 5.41) is 12.8. The van der Waals surface area contributed by atoms with Gasteiger partial charge in [0.05, 0.1) is 6.42 Å². The molecule has 4 heteroatoms. The van der Waals surface area contributed by atoms with Gasteiger partial charge < -0.3 is 15.3 Å². The molecule has 3 rings (SSSR count). The van der Waals surface area contributed by atoms with Crippen LogP contribution in [0.2, 0.25) is 0 Å². The molecule has 1 aromatic rings. The van der Waals surface area contributed by atoms with E-state index in [1.807, 2.05) is 0 Å². The Morgan fingerprint density at radius 3 is 2.56 bits per heavy atom. The van der Waals surface area contributed by atoms with Crippen molar-refractivity contribution in [3.63, 3.8) is 0 Å². The fourth-order valence-electron chi connectivity index (χ4n) is 4.46. The first-order chi connectivity index (χ1) is 13.1. The minimum Gasteiger partial charge on any atom is -0.481 e. The SMILES string of the molecule is CC/C(=C\c1ccccc1)[C@@H]1C[C@H]1N[C@H]1CC[C@H](N(C)CCC(=O)O)CC1. The van der Waals surface area contributed by atoms with Gasteiger partial charge >= 0.3 is 5.97 Å². The Morgan fingerprint density at radius 1 is 1.22 bits per heavy atom. The lowest BCUT2D eigenvalue weighted by atomic mass is 9.90. The van der Waals surface area contributed by atoms with Crippen molar-refractivity contribution in [3.05, 3.63) is 41.5 Å². The van der Waals surface area contributed by atoms with Crippen molar-refractivity contribution in [2.45, 2.75) is 70.0 Å². The van der Waals surface area contributed by atoms with Gasteiger partial charge in [0.1, 0.15) is 0 Å². The van der Waals surface area contributed by atoms with Gasteiger partial charge in [0, 0.05) is 24.7 Å². The molecule has 4 nitrogen and oxygen atoms in total. The Kier molecular flexibility index (Phi) is 7.08. The molecule has 1 aromatic carbocycles. The maximum Gasteiger partial charge on any atom is 0.304 e. The first-order valence-corrected chi connectivity index (χ1v) is 10.5. The van der Waals surface area contributed by atoms with E-state index in [2.05, 4.69) is 60.6 Å². The van der Waals surface area contributed by atoms with Crippen LogP contribution in [0.25, 0.3) is 6.08 Å². The molecule has 2 saturated carbocycles. The first-order valence-electron chi connectivity index (χ1n) is 10.5. The van der Waals surface area contributed by atoms with Gasteiger partial charge in [0.15, 0.2) is 0 Å². The van der Waals surface area contributed by atoms with E-state index in [1.165, 1.54) is 37.7 Å². The molecule has 2 atom stereocenters. The molecule has 0 radical (unpaired) electrons. The van der Waals surface area contributed by atoms with Gasteiger partial charge in [-0.2, -0.15) is 0 Å². The summed E-state index contributed by atoms with van der Waals surface area (Å²) in [4.78, 5) is 13.0. The van der Waals surface area contributed by atoms with E-state index >= 15 is 0 Å². The number of nitrogens with one attached hydrogen (secondary N) is 1. The van der Waals surface area contributed by atoms with E-state index < -0.39 is 5.97 Å². The number of nitrogens with zero attached hydrogens (tertiary/aromatic N) is 1. The molecule has 0 spiro atoms. The van der Waals surface area contributed by atoms with E-state index in [1.54, 1.807) is 5.57 Å². The molecule has 2 aliphatic rings. The van der Waals surface area contributed by atoms with Crippen LogP contribution in [-0.4, -0.2) is 47.7 Å². The number of carbonyl (C=O) groups is 1. The van der Waals surface area contributed by atoms with Crippen LogP contribution in [-0.2, 0) is 4.79 Å². The van der Waals surface area contributed by atoms with Crippen molar-refractivity contribution in [1.82, 2.24) is 10.2 Å². The Morgan fingerprint density at radius 2 is 1.93 bits per heavy atom. The summed E-state index contributed by atoms with van der Waals surface area (Å²) in [6, 6.07) is 12.5. The van der Waals surface area contributed by atoms with Gasteiger partial charge in [0.25, 0.3) is 0 Å². The molecule has 0 bridgehead atoms. The van der Waals surface area contributed by atoms with Crippen LogP contribution >= 0.6 is 0 Å². The Labute approximate surface area is 163 Å². The van der Waals surface area contributed by atoms with Gasteiger partial charge in [-0.25, -0.2) is 0 Å². The maximum atomic E-state index is 10.8. The molecular formula is C23H34N2O2. The number of carboxylic acids is 1. The van der Waals surface area contributed by atoms with Gasteiger partial charge in [-0.3, -0.25) is 4.79 Å². The van der Waals surface area contributed by atoms with E-state index in [-0.39, 0.29) is 6.42 Å². The Bertz CT molecular complexity index is 635. The lowest BCUT2D eigenvalue weighted by Gasteiger charge is -2.35. The van der Waals surface area contributed by atoms with Crippen LogP contribution in [0, 0.1) is 5.92 Å². The molecule has 27 heavy (non-hydrogen) atoms. The number of rotatable bonds is 9. The second-order valence-electron chi connectivity index (χ2n) is 8.23. The predicted molar refractivity (Wildman–Crippen MR) is 111 cm³/mol. The summed E-state index contributed by atoms with van der Waals surface area (Å²) in [6.07, 6.45) is 9.76. The lowest BCUT2D eigenvalue weighted by molar-refractivity contribution is -0.137. The summed E-state index contributed by atoms with van der Waals surface area (Å²) >= 11 is 0. The second kappa shape index (κ2) is 9.52. The van der Waals surface area contributed by atoms with Crippen LogP contribution in [0.4, 0.5) is 0 Å². The Balaban J connectivity index is 1.43. The van der Waals surface area contributed by atoms with Gasteiger partial charge in [-0.15, -0.1) is 0 Å². The van der Waals surface area contributed by atoms with Crippen molar-refractivity contribution in [2.75, 3.05) is 13.6 Å². The normalized spacial score (nSPS) is 28.3. The summed E-state index contributed by atoms with van der Waals surface area (Å²) in [6.45, 7) is 2.93. The van der Waals surface area contributed by atoms with Crippen molar-refractivity contribution < 1.29 is 9.90 Å². The average molecular weight is 371 g/mol. The third-order valence-corrected chi connectivity index (χ3v) is 6.27. The smallest absolute Gasteiger partial charge is 0.304 e. The average Bonchev–Trinajstić information content (AvgIpc) is 3.44. The summed E-state index contributed by atoms with van der Waals surface area (Å²) in [5.41, 5.74) is 2.88. The highest BCUT2D eigenvalue weighted by atomic mass is 16.4. The van der Waals surface area contributed by atoms with Gasteiger partial charge in [-0.1, -0.05) is 48.9 Å². The fourth-order valence-corrected chi connectivity index (χ4v) is 4.46. The van der Waals surface area contributed by atoms with Crippen LogP contribution in [0.5, 0.6) is 0 Å². The van der Waals surface area contributed by atoms with E-state index in [4.69, 9.17) is 5.11 Å². The molecule has 0 unspecified atom stereocenters. The fraction of sp³-hybridized carbons (Fsp3) is 0.609. The highest BCUT2D eigenvalue weighted by Gasteiger charge is 2.40. The van der Waals surface area contributed by atoms with Gasteiger partial charge in [0.2, 0.25) is 0 Å². The molecule has 2 fully saturated rings. The third kappa shape index (κ3) is 5.91. The topological polar surface area (TPSA) is 52.6 Å². The van der Waals surface area contributed by atoms with Crippen molar-refractivity contribution in [1.29, 1.82) is 0 Å². The van der Waals surface area contributed by atoms with Crippen LogP contribution in [0.1, 0.15) is 57.4 Å². The highest BCUT2D eigenvalue weighted by Crippen LogP contribution is 2.40. The van der Waals surface area contributed by atoms with E-state index in [0.717, 1.165) is 6.42 Å². The van der Waals surface area contributed by atoms with E-state index in [9.17, 15) is 4.79 Å². The number of carboxylic acid groups (broad SMARTS) is 1. The molecule has 0 aromatic heterocycles. The molecule has 0 amide bonds. The summed E-state index contributed by atoms with van der Waals surface area (Å²) < 4.78 is 0. The lowest BCUT2D eigenvalue weighted by Crippen LogP contribution is -2.42. The van der Waals surface area contributed by atoms with Crippen LogP contribution < -0.4 is 5.32 Å². The third-order valence-electron chi connectivity index (χ3n) is 6.27. The first kappa shape index (κ1) is 20.1.